The number of methoxy groups -OCH3 is 1. The van der Waals surface area contributed by atoms with Crippen molar-refractivity contribution < 1.29 is 28.2 Å². The summed E-state index contributed by atoms with van der Waals surface area (Å²) in [6.45, 7) is 3.82. The van der Waals surface area contributed by atoms with Gasteiger partial charge < -0.3 is 20.5 Å². The molecule has 0 radical (unpaired) electrons. The first-order chi connectivity index (χ1) is 14.6. The maximum atomic E-state index is 14.1. The van der Waals surface area contributed by atoms with Gasteiger partial charge in [-0.05, 0) is 50.2 Å². The van der Waals surface area contributed by atoms with Gasteiger partial charge in [-0.25, -0.2) is 14.2 Å². The molecule has 0 saturated carbocycles. The fourth-order valence-electron chi connectivity index (χ4n) is 2.67. The quantitative estimate of drug-likeness (QED) is 0.422. The van der Waals surface area contributed by atoms with Crippen LogP contribution in [0.15, 0.2) is 36.4 Å². The number of fused-ring (bicyclic) bond motifs is 1. The van der Waals surface area contributed by atoms with E-state index in [9.17, 15) is 18.8 Å². The van der Waals surface area contributed by atoms with Crippen molar-refractivity contribution in [3.05, 3.63) is 53.3 Å². The number of nitrogens with two attached hydrogens (primary N) is 1. The van der Waals surface area contributed by atoms with Gasteiger partial charge >= 0.3 is 11.9 Å². The molecule has 3 rings (SSSR count). The van der Waals surface area contributed by atoms with E-state index in [1.54, 1.807) is 26.0 Å². The number of rotatable bonds is 7. The maximum Gasteiger partial charge on any atom is 0.343 e. The lowest BCUT2D eigenvalue weighted by atomic mass is 9.94. The monoisotopic (exact) mass is 445 g/mol. The number of thiazole rings is 1. The number of aromatic nitrogens is 1. The van der Waals surface area contributed by atoms with Crippen molar-refractivity contribution in [2.45, 2.75) is 13.8 Å². The third kappa shape index (κ3) is 4.97. The summed E-state index contributed by atoms with van der Waals surface area (Å²) in [5.74, 6) is -3.08. The number of carbonyl (C=O) groups is 3. The van der Waals surface area contributed by atoms with E-state index in [-0.39, 0.29) is 22.8 Å². The zero-order chi connectivity index (χ0) is 22.8. The molecule has 8 nitrogen and oxygen atoms in total. The Morgan fingerprint density at radius 2 is 1.87 bits per heavy atom. The number of nitrogens with one attached hydrogen (secondary N) is 1. The zero-order valence-corrected chi connectivity index (χ0v) is 17.8. The van der Waals surface area contributed by atoms with Gasteiger partial charge in [0.2, 0.25) is 5.91 Å². The van der Waals surface area contributed by atoms with Crippen LogP contribution in [0.25, 0.3) is 10.2 Å². The summed E-state index contributed by atoms with van der Waals surface area (Å²) in [6.07, 6.45) is 0. The van der Waals surface area contributed by atoms with Gasteiger partial charge in [-0.15, -0.1) is 0 Å². The first-order valence-corrected chi connectivity index (χ1v) is 9.97. The number of esters is 2. The minimum absolute atomic E-state index is 0.0289. The van der Waals surface area contributed by atoms with Crippen molar-refractivity contribution in [3.8, 4) is 5.75 Å². The smallest absolute Gasteiger partial charge is 0.343 e. The first kappa shape index (κ1) is 22.2. The van der Waals surface area contributed by atoms with Gasteiger partial charge in [-0.1, -0.05) is 11.3 Å². The second-order valence-electron chi connectivity index (χ2n) is 7.33. The molecule has 0 spiro atoms. The summed E-state index contributed by atoms with van der Waals surface area (Å²) >= 11 is 1.30. The van der Waals surface area contributed by atoms with Crippen molar-refractivity contribution in [2.24, 2.45) is 11.1 Å². The van der Waals surface area contributed by atoms with Crippen molar-refractivity contribution >= 4 is 44.5 Å². The van der Waals surface area contributed by atoms with Crippen LogP contribution < -0.4 is 15.8 Å². The molecule has 1 heterocycles. The fourth-order valence-corrected chi connectivity index (χ4v) is 3.57. The van der Waals surface area contributed by atoms with Crippen molar-refractivity contribution in [1.29, 1.82) is 0 Å². The van der Waals surface area contributed by atoms with Gasteiger partial charge in [0, 0.05) is 12.1 Å². The summed E-state index contributed by atoms with van der Waals surface area (Å²) in [4.78, 5) is 39.8. The lowest BCUT2D eigenvalue weighted by molar-refractivity contribution is -0.149. The topological polar surface area (TPSA) is 121 Å². The molecule has 1 amide bonds. The number of carbonyl (C=O) groups excluding carboxylic acids is 3. The SMILES string of the molecule is COC(=O)C(C)(C)CNc1nc2ccc(C(=O)Oc3ccc(C(N)=O)cc3F)cc2s1. The molecule has 2 aromatic carbocycles. The van der Waals surface area contributed by atoms with E-state index in [0.717, 1.165) is 6.07 Å². The van der Waals surface area contributed by atoms with Crippen LogP contribution in [0.1, 0.15) is 34.6 Å². The average molecular weight is 445 g/mol. The van der Waals surface area contributed by atoms with Gasteiger partial charge in [0.1, 0.15) is 0 Å². The Labute approximate surface area is 181 Å². The minimum Gasteiger partial charge on any atom is -0.469 e. The third-order valence-electron chi connectivity index (χ3n) is 4.46. The first-order valence-electron chi connectivity index (χ1n) is 9.15. The molecule has 1 aromatic heterocycles. The Hall–Kier alpha value is -3.53. The van der Waals surface area contributed by atoms with E-state index in [1.807, 2.05) is 0 Å². The second kappa shape index (κ2) is 8.68. The molecule has 0 unspecified atom stereocenters. The van der Waals surface area contributed by atoms with Crippen LogP contribution in [0, 0.1) is 11.2 Å². The summed E-state index contributed by atoms with van der Waals surface area (Å²) in [6, 6.07) is 8.10. The Morgan fingerprint density at radius 3 is 2.52 bits per heavy atom. The van der Waals surface area contributed by atoms with E-state index < -0.39 is 23.1 Å². The largest absolute Gasteiger partial charge is 0.469 e. The van der Waals surface area contributed by atoms with Crippen LogP contribution in [0.5, 0.6) is 5.75 Å². The Morgan fingerprint density at radius 1 is 1.16 bits per heavy atom. The molecule has 0 aliphatic carbocycles. The van der Waals surface area contributed by atoms with Crippen LogP contribution in [-0.4, -0.2) is 36.5 Å². The molecule has 0 atom stereocenters. The summed E-state index contributed by atoms with van der Waals surface area (Å²) in [5, 5.41) is 3.68. The van der Waals surface area contributed by atoms with Crippen LogP contribution >= 0.6 is 11.3 Å². The molecule has 31 heavy (non-hydrogen) atoms. The summed E-state index contributed by atoms with van der Waals surface area (Å²) in [5.41, 5.74) is 5.19. The number of nitrogens with zero attached hydrogens (tertiary/aromatic N) is 1. The molecule has 0 saturated heterocycles. The van der Waals surface area contributed by atoms with E-state index in [0.29, 0.717) is 21.9 Å². The van der Waals surface area contributed by atoms with Crippen molar-refractivity contribution in [2.75, 3.05) is 19.0 Å². The highest BCUT2D eigenvalue weighted by Crippen LogP contribution is 2.29. The Balaban J connectivity index is 1.74. The van der Waals surface area contributed by atoms with E-state index in [4.69, 9.17) is 15.2 Å². The number of halogens is 1. The number of amides is 1. The number of hydrogen-bond acceptors (Lipinski definition) is 8. The highest BCUT2D eigenvalue weighted by atomic mass is 32.1. The van der Waals surface area contributed by atoms with Gasteiger partial charge in [-0.3, -0.25) is 9.59 Å². The Kier molecular flexibility index (Phi) is 6.21. The third-order valence-corrected chi connectivity index (χ3v) is 5.44. The Bertz CT molecular complexity index is 1180. The predicted octanol–water partition coefficient (Wildman–Crippen LogP) is 3.36. The fraction of sp³-hybridized carbons (Fsp3) is 0.238. The van der Waals surface area contributed by atoms with Gasteiger partial charge in [0.15, 0.2) is 16.7 Å². The molecule has 0 aliphatic heterocycles. The normalized spacial score (nSPS) is 11.2. The molecule has 162 valence electrons. The molecule has 10 heteroatoms. The van der Waals surface area contributed by atoms with Crippen LogP contribution in [0.3, 0.4) is 0 Å². The number of benzene rings is 2. The molecule has 0 aliphatic rings. The van der Waals surface area contributed by atoms with E-state index in [1.165, 1.54) is 36.6 Å². The average Bonchev–Trinajstić information content (AvgIpc) is 3.15. The minimum atomic E-state index is -0.872. The van der Waals surface area contributed by atoms with Crippen LogP contribution in [0.4, 0.5) is 9.52 Å². The zero-order valence-electron chi connectivity index (χ0n) is 17.0. The summed E-state index contributed by atoms with van der Waals surface area (Å²) < 4.78 is 24.7. The van der Waals surface area contributed by atoms with Crippen molar-refractivity contribution in [1.82, 2.24) is 4.98 Å². The van der Waals surface area contributed by atoms with Crippen molar-refractivity contribution in [3.63, 3.8) is 0 Å². The second-order valence-corrected chi connectivity index (χ2v) is 8.36. The predicted molar refractivity (Wildman–Crippen MR) is 114 cm³/mol. The molecule has 3 N–H and O–H groups in total. The molecule has 0 fully saturated rings. The lowest BCUT2D eigenvalue weighted by Crippen LogP contribution is -2.33. The molecule has 3 aromatic rings. The van der Waals surface area contributed by atoms with E-state index in [2.05, 4.69) is 10.3 Å². The van der Waals surface area contributed by atoms with Crippen LogP contribution in [0.2, 0.25) is 0 Å². The van der Waals surface area contributed by atoms with Crippen LogP contribution in [-0.2, 0) is 9.53 Å². The number of hydrogen-bond donors (Lipinski definition) is 2. The molecular weight excluding hydrogens is 425 g/mol. The van der Waals surface area contributed by atoms with Gasteiger partial charge in [-0.2, -0.15) is 0 Å². The highest BCUT2D eigenvalue weighted by molar-refractivity contribution is 7.22. The van der Waals surface area contributed by atoms with Gasteiger partial charge in [0.25, 0.3) is 0 Å². The van der Waals surface area contributed by atoms with Gasteiger partial charge in [0.05, 0.1) is 28.3 Å². The molecule has 0 bridgehead atoms. The number of primary amides is 1. The maximum absolute atomic E-state index is 14.1. The molecular formula is C21H20FN3O5S. The summed E-state index contributed by atoms with van der Waals surface area (Å²) in [7, 11) is 1.33. The van der Waals surface area contributed by atoms with E-state index >= 15 is 0 Å². The number of ether oxygens (including phenoxy) is 2. The number of anilines is 1. The standard InChI is InChI=1S/C21H20FN3O5S/c1-21(2,19(28)29-3)10-24-20-25-14-6-4-12(9-16(14)31-20)18(27)30-15-7-5-11(17(23)26)8-13(15)22/h4-9H,10H2,1-3H3,(H2,23,26)(H,24,25). The highest BCUT2D eigenvalue weighted by Gasteiger charge is 2.28. The lowest BCUT2D eigenvalue weighted by Gasteiger charge is -2.21.